The zero-order valence-electron chi connectivity index (χ0n) is 7.65. The van der Waals surface area contributed by atoms with Gasteiger partial charge in [0.15, 0.2) is 5.82 Å². The summed E-state index contributed by atoms with van der Waals surface area (Å²) in [7, 11) is 0. The highest BCUT2D eigenvalue weighted by Crippen LogP contribution is 2.13. The van der Waals surface area contributed by atoms with Gasteiger partial charge in [0.1, 0.15) is 9.15 Å². The Morgan fingerprint density at radius 2 is 1.87 bits per heavy atom. The smallest absolute Gasteiger partial charge is 0.173 e. The quantitative estimate of drug-likeness (QED) is 0.702. The molecule has 6 heteroatoms. The van der Waals surface area contributed by atoms with Gasteiger partial charge in [-0.15, -0.1) is 5.10 Å². The predicted octanol–water partition coefficient (Wildman–Crippen LogP) is 2.94. The summed E-state index contributed by atoms with van der Waals surface area (Å²) in [5.41, 5.74) is 0.921. The second-order valence-electron chi connectivity index (χ2n) is 2.85. The van der Waals surface area contributed by atoms with E-state index >= 15 is 0 Å². The van der Waals surface area contributed by atoms with E-state index in [2.05, 4.69) is 20.7 Å². The van der Waals surface area contributed by atoms with Crippen LogP contribution in [0, 0.1) is 9.15 Å². The number of nitrogens with one attached hydrogen (secondary N) is 3. The molecule has 2 rings (SSSR count). The van der Waals surface area contributed by atoms with Crippen LogP contribution >= 0.6 is 24.4 Å². The fourth-order valence-corrected chi connectivity index (χ4v) is 1.38. The summed E-state index contributed by atoms with van der Waals surface area (Å²) in [4.78, 5) is 0. The summed E-state index contributed by atoms with van der Waals surface area (Å²) < 4.78 is 0.978. The zero-order valence-corrected chi connectivity index (χ0v) is 9.28. The molecule has 0 radical (unpaired) electrons. The van der Waals surface area contributed by atoms with Crippen LogP contribution in [0.25, 0.3) is 0 Å². The maximum atomic E-state index is 5.11. The van der Waals surface area contributed by atoms with Crippen molar-refractivity contribution < 1.29 is 0 Å². The Bertz CT molecular complexity index is 558. The summed E-state index contributed by atoms with van der Waals surface area (Å²) in [5, 5.41) is 12.3. The third-order valence-corrected chi connectivity index (χ3v) is 2.63. The van der Waals surface area contributed by atoms with Crippen LogP contribution in [-0.2, 0) is 0 Å². The Hall–Kier alpha value is -1.53. The molecular weight excluding hydrogens is 228 g/mol. The summed E-state index contributed by atoms with van der Waals surface area (Å²) >= 11 is 10.1. The van der Waals surface area contributed by atoms with Crippen molar-refractivity contribution in [2.24, 2.45) is 0 Å². The van der Waals surface area contributed by atoms with Crippen LogP contribution in [0.4, 0.5) is 11.5 Å². The van der Waals surface area contributed by atoms with Crippen LogP contribution in [0.1, 0.15) is 0 Å². The Morgan fingerprint density at radius 1 is 1.13 bits per heavy atom. The van der Waals surface area contributed by atoms with Gasteiger partial charge in [-0.25, -0.2) is 5.21 Å². The number of hydrogen-bond donors (Lipinski definition) is 3. The maximum Gasteiger partial charge on any atom is 0.173 e. The maximum absolute atomic E-state index is 5.11. The van der Waals surface area contributed by atoms with E-state index < -0.39 is 0 Å². The van der Waals surface area contributed by atoms with E-state index in [1.807, 2.05) is 30.3 Å². The van der Waals surface area contributed by atoms with Crippen LogP contribution < -0.4 is 5.32 Å². The molecule has 1 heterocycles. The summed E-state index contributed by atoms with van der Waals surface area (Å²) in [6.45, 7) is 0. The monoisotopic (exact) mass is 236 g/mol. The lowest BCUT2D eigenvalue weighted by Gasteiger charge is -2.03. The van der Waals surface area contributed by atoms with Crippen LogP contribution in [0.3, 0.4) is 0 Å². The summed E-state index contributed by atoms with van der Waals surface area (Å²) in [6, 6.07) is 9.65. The molecule has 0 spiro atoms. The Kier molecular flexibility index (Phi) is 2.89. The van der Waals surface area contributed by atoms with Gasteiger partial charge in [-0.1, -0.05) is 42.6 Å². The third-order valence-electron chi connectivity index (χ3n) is 1.79. The van der Waals surface area contributed by atoms with Gasteiger partial charge in [-0.2, -0.15) is 0 Å². The number of nitrogens with zero attached hydrogens (tertiary/aromatic N) is 1. The van der Waals surface area contributed by atoms with E-state index in [9.17, 15) is 0 Å². The first-order valence-electron chi connectivity index (χ1n) is 4.27. The molecule has 0 saturated carbocycles. The molecule has 15 heavy (non-hydrogen) atoms. The van der Waals surface area contributed by atoms with Crippen molar-refractivity contribution in [1.29, 1.82) is 0 Å². The summed E-state index contributed by atoms with van der Waals surface area (Å²) in [5.74, 6) is 0.556. The molecule has 1 aromatic heterocycles. The molecule has 0 unspecified atom stereocenters. The van der Waals surface area contributed by atoms with Gasteiger partial charge in [0.2, 0.25) is 0 Å². The van der Waals surface area contributed by atoms with Crippen LogP contribution in [0.15, 0.2) is 30.3 Å². The second kappa shape index (κ2) is 4.33. The van der Waals surface area contributed by atoms with Crippen molar-refractivity contribution in [1.82, 2.24) is 15.4 Å². The molecule has 1 aromatic carbocycles. The fraction of sp³-hybridized carbons (Fsp3) is 0. The van der Waals surface area contributed by atoms with Gasteiger partial charge < -0.3 is 5.32 Å². The average Bonchev–Trinajstić information content (AvgIpc) is 2.26. The number of anilines is 2. The minimum absolute atomic E-state index is 0.471. The van der Waals surface area contributed by atoms with E-state index in [4.69, 9.17) is 24.4 Å². The lowest BCUT2D eigenvalue weighted by atomic mass is 10.3. The van der Waals surface area contributed by atoms with Crippen molar-refractivity contribution in [2.75, 3.05) is 5.32 Å². The lowest BCUT2D eigenvalue weighted by molar-refractivity contribution is 0.858. The van der Waals surface area contributed by atoms with Gasteiger partial charge in [0.25, 0.3) is 0 Å². The number of hydrogen-bond acceptors (Lipinski definition) is 4. The molecular formula is C9H8N4S2. The minimum atomic E-state index is 0.471. The number of aromatic amines is 2. The highest BCUT2D eigenvalue weighted by atomic mass is 32.1. The fourth-order valence-electron chi connectivity index (χ4n) is 1.09. The zero-order chi connectivity index (χ0) is 10.7. The number of H-pyrrole nitrogens is 2. The highest BCUT2D eigenvalue weighted by molar-refractivity contribution is 7.74. The molecule has 0 aliphatic rings. The van der Waals surface area contributed by atoms with Gasteiger partial charge in [0, 0.05) is 5.69 Å². The Labute approximate surface area is 96.4 Å². The van der Waals surface area contributed by atoms with Crippen molar-refractivity contribution >= 4 is 35.9 Å². The van der Waals surface area contributed by atoms with Crippen molar-refractivity contribution in [3.8, 4) is 0 Å². The van der Waals surface area contributed by atoms with E-state index in [0.29, 0.717) is 15.0 Å². The Balaban J connectivity index is 2.38. The van der Waals surface area contributed by atoms with E-state index in [1.165, 1.54) is 0 Å². The second-order valence-corrected chi connectivity index (χ2v) is 3.66. The molecule has 76 valence electrons. The van der Waals surface area contributed by atoms with Gasteiger partial charge in [0.05, 0.1) is 0 Å². The van der Waals surface area contributed by atoms with Crippen molar-refractivity contribution in [3.05, 3.63) is 39.5 Å². The van der Waals surface area contributed by atoms with Crippen molar-refractivity contribution in [3.63, 3.8) is 0 Å². The van der Waals surface area contributed by atoms with Crippen LogP contribution in [0.5, 0.6) is 0 Å². The molecule has 0 bridgehead atoms. The highest BCUT2D eigenvalue weighted by Gasteiger charge is 1.98. The molecule has 2 aromatic rings. The molecule has 0 atom stereocenters. The molecule has 0 fully saturated rings. The SMILES string of the molecule is S=c1[nH][nH]nc(Nc2ccccc2)c1=S. The summed E-state index contributed by atoms with van der Waals surface area (Å²) in [6.07, 6.45) is 0. The first kappa shape index (κ1) is 10.0. The van der Waals surface area contributed by atoms with Crippen LogP contribution in [0.2, 0.25) is 0 Å². The topological polar surface area (TPSA) is 56.5 Å². The van der Waals surface area contributed by atoms with Gasteiger partial charge in [-0.3, -0.25) is 5.10 Å². The van der Waals surface area contributed by atoms with E-state index in [-0.39, 0.29) is 0 Å². The predicted molar refractivity (Wildman–Crippen MR) is 64.3 cm³/mol. The molecule has 0 aliphatic heterocycles. The minimum Gasteiger partial charge on any atom is -0.337 e. The third kappa shape index (κ3) is 2.28. The Morgan fingerprint density at radius 3 is 2.60 bits per heavy atom. The molecule has 0 amide bonds. The first-order valence-corrected chi connectivity index (χ1v) is 5.08. The molecule has 4 nitrogen and oxygen atoms in total. The van der Waals surface area contributed by atoms with Crippen molar-refractivity contribution in [2.45, 2.75) is 0 Å². The number of para-hydroxylation sites is 1. The number of aromatic nitrogens is 3. The molecule has 0 aliphatic carbocycles. The van der Waals surface area contributed by atoms with Gasteiger partial charge in [-0.05, 0) is 12.1 Å². The largest absolute Gasteiger partial charge is 0.337 e. The lowest BCUT2D eigenvalue weighted by Crippen LogP contribution is -1.98. The standard InChI is InChI=1S/C9H8N4S2/c14-7-8(11-13-12-9(7)15)10-6-4-2-1-3-5-6/h1-5H,(H,13,14)(H2,10,11,12,15). The van der Waals surface area contributed by atoms with Crippen LogP contribution in [-0.4, -0.2) is 15.4 Å². The number of rotatable bonds is 2. The first-order chi connectivity index (χ1) is 7.27. The average molecular weight is 236 g/mol. The molecule has 0 saturated heterocycles. The van der Waals surface area contributed by atoms with E-state index in [0.717, 1.165) is 5.69 Å². The number of benzene rings is 1. The van der Waals surface area contributed by atoms with Gasteiger partial charge >= 0.3 is 0 Å². The molecule has 3 N–H and O–H groups in total. The van der Waals surface area contributed by atoms with E-state index in [1.54, 1.807) is 0 Å². The normalized spacial score (nSPS) is 9.87.